The lowest BCUT2D eigenvalue weighted by atomic mass is 10.2. The number of rotatable bonds is 8. The summed E-state index contributed by atoms with van der Waals surface area (Å²) in [5.74, 6) is 0.103. The summed E-state index contributed by atoms with van der Waals surface area (Å²) in [6, 6.07) is 24.6. The van der Waals surface area contributed by atoms with Crippen molar-refractivity contribution in [3.05, 3.63) is 90.1 Å². The van der Waals surface area contributed by atoms with Gasteiger partial charge in [0.15, 0.2) is 18.1 Å². The molecule has 0 radical (unpaired) electrons. The van der Waals surface area contributed by atoms with Gasteiger partial charge in [-0.3, -0.25) is 0 Å². The molecule has 0 saturated carbocycles. The van der Waals surface area contributed by atoms with Crippen molar-refractivity contribution in [2.75, 3.05) is 11.9 Å². The highest BCUT2D eigenvalue weighted by Crippen LogP contribution is 2.35. The van der Waals surface area contributed by atoms with E-state index < -0.39 is 12.6 Å². The average Bonchev–Trinajstić information content (AvgIpc) is 3.13. The predicted octanol–water partition coefficient (Wildman–Crippen LogP) is 6.11. The van der Waals surface area contributed by atoms with Gasteiger partial charge < -0.3 is 15.2 Å². The van der Waals surface area contributed by atoms with Crippen LogP contribution in [0.3, 0.4) is 0 Å². The lowest BCUT2D eigenvalue weighted by Crippen LogP contribution is -2.09. The fourth-order valence-electron chi connectivity index (χ4n) is 3.14. The van der Waals surface area contributed by atoms with Crippen LogP contribution in [-0.4, -0.2) is 27.5 Å². The number of para-hydroxylation sites is 1. The van der Waals surface area contributed by atoms with E-state index in [1.54, 1.807) is 28.9 Å². The fourth-order valence-corrected chi connectivity index (χ4v) is 3.14. The minimum Gasteiger partial charge on any atom is -0.482 e. The van der Waals surface area contributed by atoms with E-state index in [1.807, 2.05) is 68.4 Å². The zero-order chi connectivity index (χ0) is 23.2. The number of aryl methyl sites for hydroxylation is 2. The maximum Gasteiger partial charge on any atom is 0.341 e. The monoisotopic (exact) mass is 441 g/mol. The van der Waals surface area contributed by atoms with E-state index in [1.165, 1.54) is 0 Å². The van der Waals surface area contributed by atoms with E-state index >= 15 is 0 Å². The van der Waals surface area contributed by atoms with Crippen molar-refractivity contribution in [3.8, 4) is 11.4 Å². The Hall–Kier alpha value is -4.46. The highest BCUT2D eigenvalue weighted by molar-refractivity contribution is 5.73. The number of anilines is 2. The van der Waals surface area contributed by atoms with E-state index in [2.05, 4.69) is 20.6 Å². The normalized spacial score (nSPS) is 11.0. The third-order valence-corrected chi connectivity index (χ3v) is 4.81. The first kappa shape index (κ1) is 21.8. The van der Waals surface area contributed by atoms with Gasteiger partial charge in [-0.25, -0.2) is 9.48 Å². The summed E-state index contributed by atoms with van der Waals surface area (Å²) in [7, 11) is 0. The summed E-state index contributed by atoms with van der Waals surface area (Å²) in [6.45, 7) is 3.52. The van der Waals surface area contributed by atoms with E-state index in [9.17, 15) is 4.79 Å². The molecule has 0 bridgehead atoms. The number of aliphatic carboxylic acids is 1. The molecule has 3 aromatic carbocycles. The molecule has 0 aliphatic heterocycles. The Balaban J connectivity index is 1.68. The Kier molecular flexibility index (Phi) is 6.45. The number of aromatic nitrogens is 2. The lowest BCUT2D eigenvalue weighted by Gasteiger charge is -2.11. The fraction of sp³-hybridized carbons (Fsp3) is 0.120. The number of carboxylic acid groups (broad SMARTS) is 1. The van der Waals surface area contributed by atoms with Crippen molar-refractivity contribution in [1.29, 1.82) is 0 Å². The maximum absolute atomic E-state index is 10.7. The summed E-state index contributed by atoms with van der Waals surface area (Å²) >= 11 is 0. The van der Waals surface area contributed by atoms with Gasteiger partial charge in [0, 0.05) is 5.69 Å². The van der Waals surface area contributed by atoms with Crippen LogP contribution in [0.2, 0.25) is 0 Å². The smallest absolute Gasteiger partial charge is 0.341 e. The van der Waals surface area contributed by atoms with Crippen molar-refractivity contribution < 1.29 is 14.6 Å². The van der Waals surface area contributed by atoms with Crippen LogP contribution in [0.5, 0.6) is 5.75 Å². The van der Waals surface area contributed by atoms with Crippen molar-refractivity contribution in [2.45, 2.75) is 13.8 Å². The quantitative estimate of drug-likeness (QED) is 0.321. The number of nitrogens with zero attached hydrogens (tertiary/aromatic N) is 4. The van der Waals surface area contributed by atoms with Gasteiger partial charge in [-0.15, -0.1) is 5.11 Å². The largest absolute Gasteiger partial charge is 0.482 e. The molecule has 8 nitrogen and oxygen atoms in total. The molecule has 0 spiro atoms. The molecule has 0 fully saturated rings. The van der Waals surface area contributed by atoms with Gasteiger partial charge >= 0.3 is 5.97 Å². The molecule has 2 N–H and O–H groups in total. The number of ether oxygens (including phenoxy) is 1. The van der Waals surface area contributed by atoms with Crippen molar-refractivity contribution in [1.82, 2.24) is 9.78 Å². The van der Waals surface area contributed by atoms with Gasteiger partial charge in [0.05, 0.1) is 17.1 Å². The zero-order valence-corrected chi connectivity index (χ0v) is 18.3. The average molecular weight is 441 g/mol. The molecular formula is C25H23N5O3. The van der Waals surface area contributed by atoms with E-state index in [4.69, 9.17) is 9.84 Å². The number of nitrogens with one attached hydrogen (secondary N) is 1. The molecule has 0 atom stereocenters. The minimum atomic E-state index is -1.02. The standard InChI is InChI=1S/C25H23N5O3/c1-17-8-10-20(11-9-17)27-28-24-18(2)29-30(21-6-4-3-5-7-21)25(24)26-19-12-14-22(15-13-19)33-16-23(31)32/h3-15,26H,16H2,1-2H3,(H,31,32). The molecule has 0 aliphatic carbocycles. The molecule has 0 unspecified atom stereocenters. The van der Waals surface area contributed by atoms with Crippen molar-refractivity contribution in [3.63, 3.8) is 0 Å². The SMILES string of the molecule is Cc1ccc(N=Nc2c(C)nn(-c3ccccc3)c2Nc2ccc(OCC(=O)O)cc2)cc1. The Labute approximate surface area is 191 Å². The van der Waals surface area contributed by atoms with Crippen LogP contribution in [0, 0.1) is 13.8 Å². The first-order valence-electron chi connectivity index (χ1n) is 10.3. The molecule has 1 aromatic heterocycles. The summed E-state index contributed by atoms with van der Waals surface area (Å²) in [6.07, 6.45) is 0. The number of hydrogen-bond donors (Lipinski definition) is 2. The van der Waals surface area contributed by atoms with E-state index in [0.29, 0.717) is 17.3 Å². The van der Waals surface area contributed by atoms with Crippen LogP contribution in [0.15, 0.2) is 89.1 Å². The molecule has 4 aromatic rings. The number of benzene rings is 3. The number of carbonyl (C=O) groups is 1. The van der Waals surface area contributed by atoms with Crippen LogP contribution in [0.1, 0.15) is 11.3 Å². The molecule has 4 rings (SSSR count). The first-order valence-corrected chi connectivity index (χ1v) is 10.3. The summed E-state index contributed by atoms with van der Waals surface area (Å²) < 4.78 is 7.00. The topological polar surface area (TPSA) is 101 Å². The lowest BCUT2D eigenvalue weighted by molar-refractivity contribution is -0.139. The number of azo groups is 1. The third kappa shape index (κ3) is 5.43. The highest BCUT2D eigenvalue weighted by atomic mass is 16.5. The third-order valence-electron chi connectivity index (χ3n) is 4.81. The van der Waals surface area contributed by atoms with Crippen LogP contribution in [-0.2, 0) is 4.79 Å². The number of carboxylic acids is 1. The Morgan fingerprint density at radius 3 is 2.33 bits per heavy atom. The summed E-state index contributed by atoms with van der Waals surface area (Å²) in [5.41, 5.74) is 4.88. The molecule has 0 aliphatic rings. The van der Waals surface area contributed by atoms with Crippen LogP contribution >= 0.6 is 0 Å². The first-order chi connectivity index (χ1) is 16.0. The number of hydrogen-bond acceptors (Lipinski definition) is 6. The maximum atomic E-state index is 10.7. The molecule has 166 valence electrons. The Morgan fingerprint density at radius 2 is 1.67 bits per heavy atom. The Bertz CT molecular complexity index is 1260. The Morgan fingerprint density at radius 1 is 0.970 bits per heavy atom. The second kappa shape index (κ2) is 9.78. The van der Waals surface area contributed by atoms with Crippen LogP contribution in [0.4, 0.5) is 22.9 Å². The molecular weight excluding hydrogens is 418 g/mol. The summed E-state index contributed by atoms with van der Waals surface area (Å²) in [5, 5.41) is 25.7. The van der Waals surface area contributed by atoms with Gasteiger partial charge in [0.2, 0.25) is 0 Å². The van der Waals surface area contributed by atoms with Gasteiger partial charge in [-0.2, -0.15) is 10.2 Å². The van der Waals surface area contributed by atoms with Gasteiger partial charge in [-0.05, 0) is 62.4 Å². The van der Waals surface area contributed by atoms with Gasteiger partial charge in [0.25, 0.3) is 0 Å². The minimum absolute atomic E-state index is 0.393. The molecule has 0 amide bonds. The van der Waals surface area contributed by atoms with E-state index in [-0.39, 0.29) is 0 Å². The van der Waals surface area contributed by atoms with Crippen LogP contribution in [0.25, 0.3) is 5.69 Å². The van der Waals surface area contributed by atoms with Crippen molar-refractivity contribution in [2.24, 2.45) is 10.2 Å². The van der Waals surface area contributed by atoms with Crippen molar-refractivity contribution >= 4 is 28.8 Å². The second-order valence-corrected chi connectivity index (χ2v) is 7.40. The molecule has 33 heavy (non-hydrogen) atoms. The summed E-state index contributed by atoms with van der Waals surface area (Å²) in [4.78, 5) is 10.7. The van der Waals surface area contributed by atoms with E-state index in [0.717, 1.165) is 28.3 Å². The van der Waals surface area contributed by atoms with Gasteiger partial charge in [0.1, 0.15) is 5.75 Å². The zero-order valence-electron chi connectivity index (χ0n) is 18.3. The highest BCUT2D eigenvalue weighted by Gasteiger charge is 2.17. The molecule has 1 heterocycles. The predicted molar refractivity (Wildman–Crippen MR) is 127 cm³/mol. The van der Waals surface area contributed by atoms with Crippen LogP contribution < -0.4 is 10.1 Å². The molecule has 0 saturated heterocycles. The second-order valence-electron chi connectivity index (χ2n) is 7.40. The molecule has 8 heteroatoms. The van der Waals surface area contributed by atoms with Gasteiger partial charge in [-0.1, -0.05) is 35.9 Å².